The van der Waals surface area contributed by atoms with E-state index in [-0.39, 0.29) is 0 Å². The summed E-state index contributed by atoms with van der Waals surface area (Å²) in [6, 6.07) is 16.0. The summed E-state index contributed by atoms with van der Waals surface area (Å²) >= 11 is 3.55. The Kier molecular flexibility index (Phi) is 4.44. The molecule has 2 aromatic carbocycles. The van der Waals surface area contributed by atoms with Gasteiger partial charge in [-0.05, 0) is 31.3 Å². The highest BCUT2D eigenvalue weighted by Gasteiger charge is 2.44. The third-order valence-corrected chi connectivity index (χ3v) is 4.54. The van der Waals surface area contributed by atoms with Crippen LogP contribution in [0.15, 0.2) is 79.8 Å². The summed E-state index contributed by atoms with van der Waals surface area (Å²) in [5.74, 6) is 0.506. The summed E-state index contributed by atoms with van der Waals surface area (Å²) in [5, 5.41) is 0. The molecule has 0 amide bonds. The molecule has 5 heteroatoms. The lowest BCUT2D eigenvalue weighted by molar-refractivity contribution is 0.644. The Morgan fingerprint density at radius 3 is 2.75 bits per heavy atom. The van der Waals surface area contributed by atoms with E-state index in [1.807, 2.05) is 61.5 Å². The Balaban J connectivity index is 2.36. The second kappa shape index (κ2) is 6.53. The van der Waals surface area contributed by atoms with Crippen molar-refractivity contribution in [1.82, 2.24) is 0 Å². The Morgan fingerprint density at radius 2 is 2.04 bits per heavy atom. The molecule has 1 heterocycles. The summed E-state index contributed by atoms with van der Waals surface area (Å²) < 4.78 is 0.971. The summed E-state index contributed by atoms with van der Waals surface area (Å²) in [7, 11) is 0. The minimum atomic E-state index is -0.791. The van der Waals surface area contributed by atoms with Gasteiger partial charge in [0.2, 0.25) is 0 Å². The first-order valence-electron chi connectivity index (χ1n) is 7.50. The fourth-order valence-electron chi connectivity index (χ4n) is 3.08. The van der Waals surface area contributed by atoms with E-state index < -0.39 is 5.54 Å². The molecule has 1 atom stereocenters. The van der Waals surface area contributed by atoms with Crippen LogP contribution < -0.4 is 5.73 Å². The minimum absolute atomic E-state index is 0.506. The maximum absolute atomic E-state index is 6.24. The molecule has 1 unspecified atom stereocenters. The number of allylic oxidation sites excluding steroid dienone is 1. The molecule has 3 rings (SSSR count). The summed E-state index contributed by atoms with van der Waals surface area (Å²) in [4.78, 5) is 13.1. The average molecular weight is 381 g/mol. The van der Waals surface area contributed by atoms with E-state index in [2.05, 4.69) is 32.6 Å². The molecule has 1 aliphatic rings. The van der Waals surface area contributed by atoms with Crippen LogP contribution in [0.2, 0.25) is 0 Å². The lowest BCUT2D eigenvalue weighted by Gasteiger charge is -2.29. The fraction of sp³-hybridized carbons (Fsp3) is 0.105. The molecule has 0 spiro atoms. The first-order chi connectivity index (χ1) is 11.6. The predicted octanol–water partition coefficient (Wildman–Crippen LogP) is 4.04. The van der Waals surface area contributed by atoms with Crippen molar-refractivity contribution in [1.29, 1.82) is 0 Å². The van der Waals surface area contributed by atoms with Crippen molar-refractivity contribution in [3.8, 4) is 0 Å². The van der Waals surface area contributed by atoms with Gasteiger partial charge in [0.25, 0.3) is 0 Å². The second-order valence-corrected chi connectivity index (χ2v) is 6.28. The predicted molar refractivity (Wildman–Crippen MR) is 104 cm³/mol. The molecule has 2 aromatic rings. The van der Waals surface area contributed by atoms with Gasteiger partial charge in [0.15, 0.2) is 5.54 Å². The molecule has 0 saturated carbocycles. The van der Waals surface area contributed by atoms with Crippen LogP contribution in [0, 0.1) is 0 Å². The molecule has 120 valence electrons. The molecule has 0 aromatic heterocycles. The van der Waals surface area contributed by atoms with Gasteiger partial charge < -0.3 is 5.73 Å². The lowest BCUT2D eigenvalue weighted by atomic mass is 9.80. The second-order valence-electron chi connectivity index (χ2n) is 5.36. The molecule has 4 nitrogen and oxygen atoms in total. The molecule has 1 aliphatic heterocycles. The van der Waals surface area contributed by atoms with Crippen LogP contribution in [0.1, 0.15) is 23.6 Å². The van der Waals surface area contributed by atoms with Gasteiger partial charge in [0.05, 0.1) is 5.70 Å². The fourth-order valence-corrected chi connectivity index (χ4v) is 3.48. The SMILES string of the molecule is C=NC=N/C(=C\C)C1(c2cccc(Br)c2)N=C(N)c2ccccc21. The van der Waals surface area contributed by atoms with Gasteiger partial charge in [-0.2, -0.15) is 0 Å². The molecular weight excluding hydrogens is 364 g/mol. The van der Waals surface area contributed by atoms with Gasteiger partial charge in [0.1, 0.15) is 12.2 Å². The zero-order valence-corrected chi connectivity index (χ0v) is 14.9. The van der Waals surface area contributed by atoms with E-state index in [0.717, 1.165) is 26.9 Å². The molecule has 0 bridgehead atoms. The monoisotopic (exact) mass is 380 g/mol. The molecule has 24 heavy (non-hydrogen) atoms. The third-order valence-electron chi connectivity index (χ3n) is 4.05. The highest BCUT2D eigenvalue weighted by molar-refractivity contribution is 9.10. The summed E-state index contributed by atoms with van der Waals surface area (Å²) in [6.07, 6.45) is 3.36. The average Bonchev–Trinajstić information content (AvgIpc) is 2.90. The van der Waals surface area contributed by atoms with Crippen molar-refractivity contribution in [3.05, 3.63) is 81.5 Å². The molecule has 0 saturated heterocycles. The van der Waals surface area contributed by atoms with Crippen molar-refractivity contribution in [2.75, 3.05) is 0 Å². The van der Waals surface area contributed by atoms with Crippen molar-refractivity contribution in [3.63, 3.8) is 0 Å². The summed E-state index contributed by atoms with van der Waals surface area (Å²) in [6.45, 7) is 5.40. The van der Waals surface area contributed by atoms with E-state index in [9.17, 15) is 0 Å². The van der Waals surface area contributed by atoms with Gasteiger partial charge in [-0.3, -0.25) is 4.99 Å². The van der Waals surface area contributed by atoms with Crippen molar-refractivity contribution in [2.24, 2.45) is 20.7 Å². The standard InChI is InChI=1S/C19H17BrN4/c1-3-17(23-12-22-2)19(13-7-6-8-14(20)11-13)16-10-5-4-9-15(16)18(21)24-19/h3-12H,2H2,1H3,(H2,21,24)/b17-3-,23-12?. The maximum atomic E-state index is 6.24. The zero-order valence-electron chi connectivity index (χ0n) is 13.3. The van der Waals surface area contributed by atoms with Crippen molar-refractivity contribution in [2.45, 2.75) is 12.5 Å². The van der Waals surface area contributed by atoms with Crippen LogP contribution in [0.5, 0.6) is 0 Å². The van der Waals surface area contributed by atoms with Crippen LogP contribution in [0.25, 0.3) is 0 Å². The largest absolute Gasteiger partial charge is 0.383 e. The Hall–Kier alpha value is -2.53. The number of nitrogens with zero attached hydrogens (tertiary/aromatic N) is 3. The van der Waals surface area contributed by atoms with E-state index in [4.69, 9.17) is 10.7 Å². The molecule has 0 fully saturated rings. The Morgan fingerprint density at radius 1 is 1.25 bits per heavy atom. The van der Waals surface area contributed by atoms with E-state index in [0.29, 0.717) is 5.84 Å². The first-order valence-corrected chi connectivity index (χ1v) is 8.29. The molecule has 2 N–H and O–H groups in total. The molecular formula is C19H17BrN4. The van der Waals surface area contributed by atoms with E-state index >= 15 is 0 Å². The van der Waals surface area contributed by atoms with Gasteiger partial charge in [-0.25, -0.2) is 9.98 Å². The van der Waals surface area contributed by atoms with Crippen LogP contribution >= 0.6 is 15.9 Å². The quantitative estimate of drug-likeness (QED) is 0.631. The van der Waals surface area contributed by atoms with Gasteiger partial charge in [-0.1, -0.05) is 58.4 Å². The third kappa shape index (κ3) is 2.51. The Bertz CT molecular complexity index is 882. The number of rotatable bonds is 4. The van der Waals surface area contributed by atoms with E-state index in [1.165, 1.54) is 6.34 Å². The van der Waals surface area contributed by atoms with Gasteiger partial charge in [-0.15, -0.1) is 0 Å². The number of fused-ring (bicyclic) bond motifs is 1. The smallest absolute Gasteiger partial charge is 0.155 e. The van der Waals surface area contributed by atoms with Crippen LogP contribution in [-0.4, -0.2) is 18.9 Å². The maximum Gasteiger partial charge on any atom is 0.155 e. The number of hydrogen-bond acceptors (Lipinski definition) is 3. The first kappa shape index (κ1) is 16.3. The molecule has 0 aliphatic carbocycles. The number of benzene rings is 2. The van der Waals surface area contributed by atoms with Crippen LogP contribution in [-0.2, 0) is 5.54 Å². The number of hydrogen-bond donors (Lipinski definition) is 1. The number of nitrogens with two attached hydrogens (primary N) is 1. The lowest BCUT2D eigenvalue weighted by Crippen LogP contribution is -2.26. The Labute approximate surface area is 149 Å². The zero-order chi connectivity index (χ0) is 17.2. The summed E-state index contributed by atoms with van der Waals surface area (Å²) in [5.41, 5.74) is 9.13. The topological polar surface area (TPSA) is 63.1 Å². The van der Waals surface area contributed by atoms with Gasteiger partial charge >= 0.3 is 0 Å². The molecule has 0 radical (unpaired) electrons. The highest BCUT2D eigenvalue weighted by Crippen LogP contribution is 2.46. The number of amidine groups is 1. The van der Waals surface area contributed by atoms with Crippen molar-refractivity contribution < 1.29 is 0 Å². The van der Waals surface area contributed by atoms with Crippen molar-refractivity contribution >= 4 is 34.8 Å². The normalized spacial score (nSPS) is 20.1. The van der Waals surface area contributed by atoms with Crippen LogP contribution in [0.3, 0.4) is 0 Å². The van der Waals surface area contributed by atoms with Gasteiger partial charge in [0, 0.05) is 15.6 Å². The van der Waals surface area contributed by atoms with Crippen LogP contribution in [0.4, 0.5) is 0 Å². The minimum Gasteiger partial charge on any atom is -0.383 e. The number of aliphatic imine (C=N–C) groups is 3. The van der Waals surface area contributed by atoms with E-state index in [1.54, 1.807) is 0 Å². The number of halogens is 1. The highest BCUT2D eigenvalue weighted by atomic mass is 79.9.